The minimum Gasteiger partial charge on any atom is -0.348 e. The van der Waals surface area contributed by atoms with Crippen LogP contribution in [0, 0.1) is 0 Å². The fraction of sp³-hybridized carbons (Fsp3) is 0.240. The van der Waals surface area contributed by atoms with Crippen LogP contribution >= 0.6 is 0 Å². The predicted molar refractivity (Wildman–Crippen MR) is 121 cm³/mol. The molecule has 1 aliphatic heterocycles. The van der Waals surface area contributed by atoms with Crippen molar-refractivity contribution in [3.8, 4) is 0 Å². The summed E-state index contributed by atoms with van der Waals surface area (Å²) < 4.78 is 0. The molecule has 1 aliphatic rings. The van der Waals surface area contributed by atoms with Gasteiger partial charge in [0.1, 0.15) is 5.82 Å². The number of nitrogens with one attached hydrogen (secondary N) is 1. The molecule has 2 amide bonds. The molecule has 0 aliphatic carbocycles. The molecule has 2 heterocycles. The summed E-state index contributed by atoms with van der Waals surface area (Å²) in [6.45, 7) is 1.87. The van der Waals surface area contributed by atoms with Crippen LogP contribution in [0.1, 0.15) is 34.3 Å². The summed E-state index contributed by atoms with van der Waals surface area (Å²) >= 11 is 0. The Kier molecular flexibility index (Phi) is 6.26. The molecule has 1 fully saturated rings. The second-order valence-electron chi connectivity index (χ2n) is 7.72. The van der Waals surface area contributed by atoms with Gasteiger partial charge in [-0.05, 0) is 41.8 Å². The van der Waals surface area contributed by atoms with E-state index in [0.717, 1.165) is 35.6 Å². The van der Waals surface area contributed by atoms with Gasteiger partial charge in [-0.3, -0.25) is 9.59 Å². The zero-order valence-electron chi connectivity index (χ0n) is 17.6. The topological polar surface area (TPSA) is 65.5 Å². The number of carbonyl (C=O) groups excluding carboxylic acids is 2. The Bertz CT molecular complexity index is 1050. The van der Waals surface area contributed by atoms with Crippen LogP contribution in [-0.2, 0) is 17.9 Å². The second-order valence-corrected chi connectivity index (χ2v) is 7.72. The van der Waals surface area contributed by atoms with Crippen molar-refractivity contribution in [2.45, 2.75) is 25.9 Å². The van der Waals surface area contributed by atoms with Gasteiger partial charge in [0.25, 0.3) is 5.91 Å². The van der Waals surface area contributed by atoms with Crippen LogP contribution in [0.2, 0.25) is 0 Å². The first-order valence-corrected chi connectivity index (χ1v) is 10.5. The van der Waals surface area contributed by atoms with Gasteiger partial charge in [0.15, 0.2) is 0 Å². The number of pyridine rings is 1. The van der Waals surface area contributed by atoms with Gasteiger partial charge < -0.3 is 15.1 Å². The molecule has 6 heteroatoms. The maximum Gasteiger partial charge on any atom is 0.253 e. The number of anilines is 2. The summed E-state index contributed by atoms with van der Waals surface area (Å²) in [6.07, 6.45) is 3.17. The second kappa shape index (κ2) is 9.43. The highest BCUT2D eigenvalue weighted by Gasteiger charge is 2.20. The number of benzene rings is 2. The van der Waals surface area contributed by atoms with Gasteiger partial charge >= 0.3 is 0 Å². The molecule has 1 saturated heterocycles. The maximum atomic E-state index is 12.6. The number of carbonyl (C=O) groups is 2. The molecule has 0 atom stereocenters. The van der Waals surface area contributed by atoms with Gasteiger partial charge in [-0.2, -0.15) is 0 Å². The van der Waals surface area contributed by atoms with Crippen molar-refractivity contribution in [1.82, 2.24) is 15.2 Å². The highest BCUT2D eigenvalue weighted by atomic mass is 16.2. The average Bonchev–Trinajstić information content (AvgIpc) is 3.22. The van der Waals surface area contributed by atoms with Crippen molar-refractivity contribution in [2.24, 2.45) is 0 Å². The fourth-order valence-electron chi connectivity index (χ4n) is 3.72. The van der Waals surface area contributed by atoms with E-state index in [0.29, 0.717) is 25.1 Å². The van der Waals surface area contributed by atoms with Crippen LogP contribution in [0.25, 0.3) is 0 Å². The van der Waals surface area contributed by atoms with Crippen molar-refractivity contribution in [3.05, 3.63) is 89.6 Å². The first-order chi connectivity index (χ1) is 15.1. The zero-order valence-corrected chi connectivity index (χ0v) is 17.6. The molecule has 0 saturated carbocycles. The molecule has 1 N–H and O–H groups in total. The van der Waals surface area contributed by atoms with Crippen molar-refractivity contribution < 1.29 is 9.59 Å². The number of likely N-dealkylation sites (tertiary alicyclic amines) is 1. The lowest BCUT2D eigenvalue weighted by Crippen LogP contribution is -2.24. The number of hydrogen-bond donors (Lipinski definition) is 1. The molecule has 2 aromatic carbocycles. The van der Waals surface area contributed by atoms with E-state index in [-0.39, 0.29) is 11.8 Å². The Morgan fingerprint density at radius 2 is 1.87 bits per heavy atom. The monoisotopic (exact) mass is 414 g/mol. The third-order valence-electron chi connectivity index (χ3n) is 5.49. The van der Waals surface area contributed by atoms with Gasteiger partial charge in [0.2, 0.25) is 5.91 Å². The lowest BCUT2D eigenvalue weighted by atomic mass is 10.1. The first-order valence-electron chi connectivity index (χ1n) is 10.5. The molecule has 0 spiro atoms. The third-order valence-corrected chi connectivity index (χ3v) is 5.49. The van der Waals surface area contributed by atoms with Gasteiger partial charge in [-0.25, -0.2) is 4.98 Å². The van der Waals surface area contributed by atoms with Crippen LogP contribution in [0.15, 0.2) is 72.9 Å². The van der Waals surface area contributed by atoms with E-state index in [9.17, 15) is 9.59 Å². The first kappa shape index (κ1) is 20.6. The van der Waals surface area contributed by atoms with Crippen molar-refractivity contribution in [1.29, 1.82) is 0 Å². The van der Waals surface area contributed by atoms with Gasteiger partial charge in [-0.15, -0.1) is 0 Å². The van der Waals surface area contributed by atoms with E-state index >= 15 is 0 Å². The van der Waals surface area contributed by atoms with Crippen molar-refractivity contribution in [2.75, 3.05) is 18.5 Å². The standard InChI is InChI=1S/C25H26N4O2/c1-28(22-9-3-2-4-10-22)23-13-12-21(17-26-23)25(31)27-16-19-7-5-8-20(15-19)18-29-14-6-11-24(29)30/h2-5,7-10,12-13,15,17H,6,11,14,16,18H2,1H3,(H,27,31). The lowest BCUT2D eigenvalue weighted by molar-refractivity contribution is -0.128. The van der Waals surface area contributed by atoms with Crippen LogP contribution in [-0.4, -0.2) is 35.3 Å². The fourth-order valence-corrected chi connectivity index (χ4v) is 3.72. The highest BCUT2D eigenvalue weighted by Crippen LogP contribution is 2.21. The SMILES string of the molecule is CN(c1ccccc1)c1ccc(C(=O)NCc2cccc(CN3CCCC3=O)c2)cn1. The van der Waals surface area contributed by atoms with Crippen molar-refractivity contribution >= 4 is 23.3 Å². The van der Waals surface area contributed by atoms with E-state index in [4.69, 9.17) is 0 Å². The molecular weight excluding hydrogens is 388 g/mol. The van der Waals surface area contributed by atoms with E-state index in [2.05, 4.69) is 10.3 Å². The summed E-state index contributed by atoms with van der Waals surface area (Å²) in [7, 11) is 1.94. The normalized spacial score (nSPS) is 13.3. The smallest absolute Gasteiger partial charge is 0.253 e. The quantitative estimate of drug-likeness (QED) is 0.637. The number of para-hydroxylation sites is 1. The minimum absolute atomic E-state index is 0.165. The number of amides is 2. The van der Waals surface area contributed by atoms with Gasteiger partial charge in [-0.1, -0.05) is 42.5 Å². The Labute approximate surface area is 182 Å². The van der Waals surface area contributed by atoms with E-state index in [1.165, 1.54) is 0 Å². The van der Waals surface area contributed by atoms with E-state index < -0.39 is 0 Å². The number of nitrogens with zero attached hydrogens (tertiary/aromatic N) is 3. The van der Waals surface area contributed by atoms with Crippen LogP contribution in [0.4, 0.5) is 11.5 Å². The lowest BCUT2D eigenvalue weighted by Gasteiger charge is -2.18. The minimum atomic E-state index is -0.165. The number of rotatable bonds is 7. The Morgan fingerprint density at radius 3 is 2.58 bits per heavy atom. The molecule has 158 valence electrons. The molecular formula is C25H26N4O2. The van der Waals surface area contributed by atoms with Crippen molar-refractivity contribution in [3.63, 3.8) is 0 Å². The number of aromatic nitrogens is 1. The Balaban J connectivity index is 1.34. The molecule has 4 rings (SSSR count). The van der Waals surface area contributed by atoms with E-state index in [1.54, 1.807) is 12.3 Å². The van der Waals surface area contributed by atoms with Gasteiger partial charge in [0.05, 0.1) is 5.56 Å². The molecule has 6 nitrogen and oxygen atoms in total. The third kappa shape index (κ3) is 5.09. The summed E-state index contributed by atoms with van der Waals surface area (Å²) in [5, 5.41) is 2.95. The number of hydrogen-bond acceptors (Lipinski definition) is 4. The average molecular weight is 415 g/mol. The Hall–Kier alpha value is -3.67. The summed E-state index contributed by atoms with van der Waals surface area (Å²) in [5.41, 5.74) is 3.63. The highest BCUT2D eigenvalue weighted by molar-refractivity contribution is 5.94. The molecule has 31 heavy (non-hydrogen) atoms. The largest absolute Gasteiger partial charge is 0.348 e. The van der Waals surface area contributed by atoms with E-state index in [1.807, 2.05) is 77.5 Å². The zero-order chi connectivity index (χ0) is 21.6. The van der Waals surface area contributed by atoms with Crippen LogP contribution < -0.4 is 10.2 Å². The Morgan fingerprint density at radius 1 is 1.06 bits per heavy atom. The van der Waals surface area contributed by atoms with Crippen LogP contribution in [0.3, 0.4) is 0 Å². The molecule has 3 aromatic rings. The molecule has 1 aromatic heterocycles. The predicted octanol–water partition coefficient (Wildman–Crippen LogP) is 3.90. The molecule has 0 bridgehead atoms. The summed E-state index contributed by atoms with van der Waals surface area (Å²) in [6, 6.07) is 21.6. The summed E-state index contributed by atoms with van der Waals surface area (Å²) in [5.74, 6) is 0.820. The molecule has 0 unspecified atom stereocenters. The summed E-state index contributed by atoms with van der Waals surface area (Å²) in [4.78, 5) is 32.7. The maximum absolute atomic E-state index is 12.6. The van der Waals surface area contributed by atoms with Crippen LogP contribution in [0.5, 0.6) is 0 Å². The molecule has 0 radical (unpaired) electrons. The van der Waals surface area contributed by atoms with Gasteiger partial charge in [0, 0.05) is 45.0 Å².